The number of aryl methyl sites for hydroxylation is 1. The van der Waals surface area contributed by atoms with Crippen LogP contribution >= 0.6 is 11.3 Å². The van der Waals surface area contributed by atoms with Crippen LogP contribution in [0.25, 0.3) is 10.6 Å². The fourth-order valence-electron chi connectivity index (χ4n) is 3.12. The summed E-state index contributed by atoms with van der Waals surface area (Å²) < 4.78 is 21.2. The first kappa shape index (κ1) is 22.4. The highest BCUT2D eigenvalue weighted by Crippen LogP contribution is 2.35. The molecule has 0 aliphatic rings. The molecular formula is C23H26N2O5S. The van der Waals surface area contributed by atoms with Gasteiger partial charge in [-0.1, -0.05) is 0 Å². The fourth-order valence-corrected chi connectivity index (χ4v) is 4.18. The quantitative estimate of drug-likeness (QED) is 0.537. The molecule has 31 heavy (non-hydrogen) atoms. The minimum atomic E-state index is -0.164. The van der Waals surface area contributed by atoms with E-state index >= 15 is 0 Å². The average Bonchev–Trinajstić information content (AvgIpc) is 3.18. The van der Waals surface area contributed by atoms with Gasteiger partial charge in [-0.25, -0.2) is 4.98 Å². The molecule has 0 unspecified atom stereocenters. The molecule has 8 heteroatoms. The van der Waals surface area contributed by atoms with Gasteiger partial charge in [-0.15, -0.1) is 11.3 Å². The highest BCUT2D eigenvalue weighted by Gasteiger charge is 2.14. The largest absolute Gasteiger partial charge is 0.493 e. The summed E-state index contributed by atoms with van der Waals surface area (Å²) in [4.78, 5) is 18.3. The van der Waals surface area contributed by atoms with E-state index in [1.165, 1.54) is 0 Å². The third-order valence-electron chi connectivity index (χ3n) is 4.81. The minimum Gasteiger partial charge on any atom is -0.493 e. The molecule has 1 aromatic heterocycles. The molecule has 7 nitrogen and oxygen atoms in total. The first-order valence-corrected chi connectivity index (χ1v) is 10.5. The van der Waals surface area contributed by atoms with E-state index in [0.717, 1.165) is 21.1 Å². The second kappa shape index (κ2) is 10.2. The number of carbonyl (C=O) groups excluding carboxylic acids is 1. The van der Waals surface area contributed by atoms with Gasteiger partial charge >= 0.3 is 0 Å². The monoisotopic (exact) mass is 442 g/mol. The summed E-state index contributed by atoms with van der Waals surface area (Å²) in [7, 11) is 6.33. The third-order valence-corrected chi connectivity index (χ3v) is 6.07. The molecule has 0 saturated heterocycles. The van der Waals surface area contributed by atoms with Gasteiger partial charge in [-0.05, 0) is 43.3 Å². The minimum absolute atomic E-state index is 0.164. The zero-order chi connectivity index (χ0) is 22.4. The average molecular weight is 443 g/mol. The molecule has 1 heterocycles. The molecule has 0 fully saturated rings. The number of aromatic nitrogens is 1. The summed E-state index contributed by atoms with van der Waals surface area (Å²) in [6.45, 7) is 2.48. The van der Waals surface area contributed by atoms with Gasteiger partial charge in [0.25, 0.3) is 5.91 Å². The van der Waals surface area contributed by atoms with Crippen molar-refractivity contribution in [3.05, 3.63) is 52.5 Å². The fraction of sp³-hybridized carbons (Fsp3) is 0.304. The summed E-state index contributed by atoms with van der Waals surface area (Å²) in [5, 5.41) is 3.86. The van der Waals surface area contributed by atoms with Crippen molar-refractivity contribution in [3.8, 4) is 33.6 Å². The van der Waals surface area contributed by atoms with E-state index in [2.05, 4.69) is 10.3 Å². The summed E-state index contributed by atoms with van der Waals surface area (Å²) in [6.07, 6.45) is 0.690. The van der Waals surface area contributed by atoms with Gasteiger partial charge in [0.2, 0.25) is 0 Å². The molecule has 0 radical (unpaired) electrons. The van der Waals surface area contributed by atoms with Crippen molar-refractivity contribution in [3.63, 3.8) is 0 Å². The summed E-state index contributed by atoms with van der Waals surface area (Å²) >= 11 is 1.61. The molecule has 3 rings (SSSR count). The second-order valence-electron chi connectivity index (χ2n) is 6.67. The molecule has 1 N–H and O–H groups in total. The number of nitrogens with zero attached hydrogens (tertiary/aromatic N) is 1. The van der Waals surface area contributed by atoms with Crippen molar-refractivity contribution in [2.24, 2.45) is 0 Å². The molecule has 2 aromatic carbocycles. The molecule has 0 aliphatic carbocycles. The summed E-state index contributed by atoms with van der Waals surface area (Å²) in [5.74, 6) is 2.28. The van der Waals surface area contributed by atoms with Gasteiger partial charge in [-0.2, -0.15) is 0 Å². The Kier molecular flexibility index (Phi) is 7.36. The van der Waals surface area contributed by atoms with Crippen molar-refractivity contribution in [2.45, 2.75) is 13.3 Å². The van der Waals surface area contributed by atoms with E-state index in [0.29, 0.717) is 41.5 Å². The number of methoxy groups -OCH3 is 4. The van der Waals surface area contributed by atoms with Crippen molar-refractivity contribution in [1.82, 2.24) is 10.3 Å². The lowest BCUT2D eigenvalue weighted by Gasteiger charge is -2.10. The predicted octanol–water partition coefficient (Wildman–Crippen LogP) is 4.13. The smallest absolute Gasteiger partial charge is 0.251 e. The van der Waals surface area contributed by atoms with E-state index in [1.54, 1.807) is 58.0 Å². The van der Waals surface area contributed by atoms with Crippen molar-refractivity contribution in [2.75, 3.05) is 35.0 Å². The predicted molar refractivity (Wildman–Crippen MR) is 121 cm³/mol. The van der Waals surface area contributed by atoms with E-state index in [-0.39, 0.29) is 5.91 Å². The number of hydrogen-bond acceptors (Lipinski definition) is 7. The van der Waals surface area contributed by atoms with E-state index < -0.39 is 0 Å². The zero-order valence-corrected chi connectivity index (χ0v) is 19.1. The number of nitrogens with one attached hydrogen (secondary N) is 1. The van der Waals surface area contributed by atoms with Crippen LogP contribution in [0.1, 0.15) is 20.9 Å². The maximum atomic E-state index is 12.5. The van der Waals surface area contributed by atoms with E-state index in [1.807, 2.05) is 25.1 Å². The Morgan fingerprint density at radius 1 is 0.903 bits per heavy atom. The number of benzene rings is 2. The number of amides is 1. The molecule has 0 saturated carbocycles. The molecule has 0 atom stereocenters. The Morgan fingerprint density at radius 3 is 2.16 bits per heavy atom. The Balaban J connectivity index is 1.66. The SMILES string of the molecule is COc1ccc(C(=O)NCCc2sc(-c3ccc(OC)c(OC)c3)nc2C)cc1OC. The number of rotatable bonds is 9. The van der Waals surface area contributed by atoms with Crippen LogP contribution in [0.5, 0.6) is 23.0 Å². The van der Waals surface area contributed by atoms with Crippen LogP contribution in [0.3, 0.4) is 0 Å². The Hall–Kier alpha value is -3.26. The first-order chi connectivity index (χ1) is 15.0. The van der Waals surface area contributed by atoms with Crippen LogP contribution in [0.15, 0.2) is 36.4 Å². The number of carbonyl (C=O) groups is 1. The van der Waals surface area contributed by atoms with Crippen LogP contribution < -0.4 is 24.3 Å². The van der Waals surface area contributed by atoms with Crippen molar-refractivity contribution < 1.29 is 23.7 Å². The van der Waals surface area contributed by atoms with Gasteiger partial charge in [0.15, 0.2) is 23.0 Å². The Morgan fingerprint density at radius 2 is 1.52 bits per heavy atom. The molecule has 1 amide bonds. The Bertz CT molecular complexity index is 1060. The lowest BCUT2D eigenvalue weighted by molar-refractivity contribution is 0.0953. The summed E-state index contributed by atoms with van der Waals surface area (Å²) in [5.41, 5.74) is 2.44. The highest BCUT2D eigenvalue weighted by molar-refractivity contribution is 7.15. The molecule has 164 valence electrons. The molecule has 0 spiro atoms. The maximum Gasteiger partial charge on any atom is 0.251 e. The van der Waals surface area contributed by atoms with Crippen LogP contribution in [0.4, 0.5) is 0 Å². The van der Waals surface area contributed by atoms with Crippen LogP contribution in [-0.4, -0.2) is 45.9 Å². The van der Waals surface area contributed by atoms with Gasteiger partial charge in [0.1, 0.15) is 5.01 Å². The van der Waals surface area contributed by atoms with Crippen molar-refractivity contribution in [1.29, 1.82) is 0 Å². The van der Waals surface area contributed by atoms with Gasteiger partial charge in [0.05, 0.1) is 34.1 Å². The third kappa shape index (κ3) is 5.08. The van der Waals surface area contributed by atoms with E-state index in [4.69, 9.17) is 18.9 Å². The lowest BCUT2D eigenvalue weighted by atomic mass is 10.2. The van der Waals surface area contributed by atoms with Gasteiger partial charge in [-0.3, -0.25) is 4.79 Å². The zero-order valence-electron chi connectivity index (χ0n) is 18.3. The van der Waals surface area contributed by atoms with Gasteiger partial charge < -0.3 is 24.3 Å². The number of hydrogen-bond donors (Lipinski definition) is 1. The van der Waals surface area contributed by atoms with Crippen LogP contribution in [0, 0.1) is 6.92 Å². The maximum absolute atomic E-state index is 12.5. The van der Waals surface area contributed by atoms with Crippen LogP contribution in [0.2, 0.25) is 0 Å². The topological polar surface area (TPSA) is 78.9 Å². The highest BCUT2D eigenvalue weighted by atomic mass is 32.1. The van der Waals surface area contributed by atoms with Gasteiger partial charge in [0, 0.05) is 29.0 Å². The van der Waals surface area contributed by atoms with E-state index in [9.17, 15) is 4.79 Å². The van der Waals surface area contributed by atoms with Crippen molar-refractivity contribution >= 4 is 17.2 Å². The standard InChI is InChI=1S/C23H26N2O5S/c1-14-21(31-23(25-14)16-7-9-18(28-3)20(13-16)30-5)10-11-24-22(26)15-6-8-17(27-2)19(12-15)29-4/h6-9,12-13H,10-11H2,1-5H3,(H,24,26). The molecule has 0 aliphatic heterocycles. The number of ether oxygens (including phenoxy) is 4. The molecular weight excluding hydrogens is 416 g/mol. The molecule has 0 bridgehead atoms. The first-order valence-electron chi connectivity index (χ1n) is 9.69. The molecule has 3 aromatic rings. The second-order valence-corrected chi connectivity index (χ2v) is 7.76. The number of thiazole rings is 1. The summed E-state index contributed by atoms with van der Waals surface area (Å²) in [6, 6.07) is 10.8. The normalized spacial score (nSPS) is 10.5. The lowest BCUT2D eigenvalue weighted by Crippen LogP contribution is -2.25. The Labute approximate surface area is 185 Å². The van der Waals surface area contributed by atoms with Crippen LogP contribution in [-0.2, 0) is 6.42 Å².